The lowest BCUT2D eigenvalue weighted by atomic mass is 10.2. The van der Waals surface area contributed by atoms with Gasteiger partial charge in [0.15, 0.2) is 6.61 Å². The molecular formula is C21H17Cl2N3O4. The summed E-state index contributed by atoms with van der Waals surface area (Å²) in [4.78, 5) is 23.9. The van der Waals surface area contributed by atoms with Crippen molar-refractivity contribution in [2.75, 3.05) is 6.61 Å². The Morgan fingerprint density at radius 3 is 2.60 bits per heavy atom. The minimum absolute atomic E-state index is 0.119. The first-order chi connectivity index (χ1) is 14.5. The van der Waals surface area contributed by atoms with Gasteiger partial charge in [-0.2, -0.15) is 5.10 Å². The van der Waals surface area contributed by atoms with E-state index in [0.717, 1.165) is 5.56 Å². The smallest absolute Gasteiger partial charge is 0.272 e. The SMILES string of the molecule is O=C(COc1ccc(/C=N\NC(=O)c2ccc(Cl)cc2Cl)cc1)NCc1ccco1. The molecule has 0 saturated heterocycles. The maximum atomic E-state index is 12.1. The molecule has 2 aromatic carbocycles. The molecule has 0 bridgehead atoms. The fourth-order valence-electron chi connectivity index (χ4n) is 2.35. The molecule has 7 nitrogen and oxygen atoms in total. The topological polar surface area (TPSA) is 92.9 Å². The quantitative estimate of drug-likeness (QED) is 0.404. The van der Waals surface area contributed by atoms with Crippen molar-refractivity contribution in [1.29, 1.82) is 0 Å². The number of nitrogens with one attached hydrogen (secondary N) is 2. The van der Waals surface area contributed by atoms with Crippen LogP contribution in [0.1, 0.15) is 21.7 Å². The van der Waals surface area contributed by atoms with Gasteiger partial charge in [-0.25, -0.2) is 5.43 Å². The second-order valence-corrected chi connectivity index (χ2v) is 6.88. The second-order valence-electron chi connectivity index (χ2n) is 6.04. The van der Waals surface area contributed by atoms with E-state index in [0.29, 0.717) is 23.1 Å². The van der Waals surface area contributed by atoms with Gasteiger partial charge in [-0.1, -0.05) is 23.2 Å². The molecule has 0 aliphatic heterocycles. The van der Waals surface area contributed by atoms with Crippen molar-refractivity contribution >= 4 is 41.2 Å². The van der Waals surface area contributed by atoms with Gasteiger partial charge in [0, 0.05) is 5.02 Å². The zero-order valence-corrected chi connectivity index (χ0v) is 17.1. The minimum Gasteiger partial charge on any atom is -0.484 e. The van der Waals surface area contributed by atoms with Gasteiger partial charge in [0.2, 0.25) is 0 Å². The lowest BCUT2D eigenvalue weighted by Crippen LogP contribution is -2.28. The molecule has 3 rings (SSSR count). The van der Waals surface area contributed by atoms with E-state index >= 15 is 0 Å². The lowest BCUT2D eigenvalue weighted by Gasteiger charge is -2.07. The molecule has 0 radical (unpaired) electrons. The number of furan rings is 1. The van der Waals surface area contributed by atoms with E-state index in [4.69, 9.17) is 32.4 Å². The summed E-state index contributed by atoms with van der Waals surface area (Å²) in [5.74, 6) is 0.476. The maximum Gasteiger partial charge on any atom is 0.272 e. The van der Waals surface area contributed by atoms with Gasteiger partial charge in [-0.05, 0) is 60.2 Å². The third-order valence-electron chi connectivity index (χ3n) is 3.85. The highest BCUT2D eigenvalue weighted by Gasteiger charge is 2.09. The Hall–Kier alpha value is -3.29. The van der Waals surface area contributed by atoms with Gasteiger partial charge in [-0.3, -0.25) is 9.59 Å². The Balaban J connectivity index is 1.44. The van der Waals surface area contributed by atoms with Crippen LogP contribution >= 0.6 is 23.2 Å². The minimum atomic E-state index is -0.451. The maximum absolute atomic E-state index is 12.1. The van der Waals surface area contributed by atoms with E-state index in [9.17, 15) is 9.59 Å². The fraction of sp³-hybridized carbons (Fsp3) is 0.0952. The molecule has 2 amide bonds. The van der Waals surface area contributed by atoms with Crippen LogP contribution in [0.15, 0.2) is 70.4 Å². The average molecular weight is 446 g/mol. The molecule has 0 unspecified atom stereocenters. The monoisotopic (exact) mass is 445 g/mol. The van der Waals surface area contributed by atoms with Crippen LogP contribution < -0.4 is 15.5 Å². The number of nitrogens with zero attached hydrogens (tertiary/aromatic N) is 1. The molecule has 1 heterocycles. The van der Waals surface area contributed by atoms with E-state index in [-0.39, 0.29) is 23.1 Å². The number of halogens is 2. The van der Waals surface area contributed by atoms with Crippen LogP contribution in [0.25, 0.3) is 0 Å². The third kappa shape index (κ3) is 6.37. The fourth-order valence-corrected chi connectivity index (χ4v) is 2.84. The third-order valence-corrected chi connectivity index (χ3v) is 4.39. The number of amides is 2. The number of ether oxygens (including phenoxy) is 1. The van der Waals surface area contributed by atoms with Crippen molar-refractivity contribution in [3.63, 3.8) is 0 Å². The largest absolute Gasteiger partial charge is 0.484 e. The molecule has 30 heavy (non-hydrogen) atoms. The summed E-state index contributed by atoms with van der Waals surface area (Å²) >= 11 is 11.8. The van der Waals surface area contributed by atoms with Gasteiger partial charge < -0.3 is 14.5 Å². The summed E-state index contributed by atoms with van der Waals surface area (Å²) < 4.78 is 10.6. The first-order valence-electron chi connectivity index (χ1n) is 8.81. The number of hydrazone groups is 1. The predicted octanol–water partition coefficient (Wildman–Crippen LogP) is 4.05. The van der Waals surface area contributed by atoms with Crippen LogP contribution in [0.2, 0.25) is 10.0 Å². The highest BCUT2D eigenvalue weighted by Crippen LogP contribution is 2.20. The summed E-state index contributed by atoms with van der Waals surface area (Å²) in [7, 11) is 0. The van der Waals surface area contributed by atoms with Crippen molar-refractivity contribution in [1.82, 2.24) is 10.7 Å². The summed E-state index contributed by atoms with van der Waals surface area (Å²) in [5.41, 5.74) is 3.40. The van der Waals surface area contributed by atoms with E-state index < -0.39 is 5.91 Å². The van der Waals surface area contributed by atoms with Crippen LogP contribution in [0, 0.1) is 0 Å². The van der Waals surface area contributed by atoms with Gasteiger partial charge in [0.25, 0.3) is 11.8 Å². The standard InChI is InChI=1S/C21H17Cl2N3O4/c22-15-5-8-18(19(23)10-15)21(28)26-25-11-14-3-6-16(7-4-14)30-13-20(27)24-12-17-2-1-9-29-17/h1-11H,12-13H2,(H,24,27)(H,26,28)/b25-11-. The van der Waals surface area contributed by atoms with Crippen LogP contribution in [0.3, 0.4) is 0 Å². The summed E-state index contributed by atoms with van der Waals surface area (Å²) in [6.45, 7) is 0.184. The van der Waals surface area contributed by atoms with Crippen molar-refractivity contribution in [2.24, 2.45) is 5.10 Å². The van der Waals surface area contributed by atoms with Crippen molar-refractivity contribution < 1.29 is 18.7 Å². The van der Waals surface area contributed by atoms with E-state index in [2.05, 4.69) is 15.8 Å². The molecule has 154 valence electrons. The molecule has 2 N–H and O–H groups in total. The lowest BCUT2D eigenvalue weighted by molar-refractivity contribution is -0.123. The van der Waals surface area contributed by atoms with Crippen molar-refractivity contribution in [3.8, 4) is 5.75 Å². The van der Waals surface area contributed by atoms with Gasteiger partial charge >= 0.3 is 0 Å². The molecule has 0 fully saturated rings. The van der Waals surface area contributed by atoms with Gasteiger partial charge in [0.05, 0.1) is 29.6 Å². The molecule has 0 atom stereocenters. The zero-order valence-electron chi connectivity index (χ0n) is 15.6. The Labute approximate surface area is 182 Å². The molecule has 9 heteroatoms. The first kappa shape index (κ1) is 21.4. The van der Waals surface area contributed by atoms with Gasteiger partial charge in [-0.15, -0.1) is 0 Å². The first-order valence-corrected chi connectivity index (χ1v) is 9.57. The number of carbonyl (C=O) groups excluding carboxylic acids is 2. The number of hydrogen-bond acceptors (Lipinski definition) is 5. The highest BCUT2D eigenvalue weighted by atomic mass is 35.5. The summed E-state index contributed by atoms with van der Waals surface area (Å²) in [6, 6.07) is 15.0. The van der Waals surface area contributed by atoms with Crippen LogP contribution in [0.5, 0.6) is 5.75 Å². The number of carbonyl (C=O) groups is 2. The number of rotatable bonds is 8. The predicted molar refractivity (Wildman–Crippen MR) is 114 cm³/mol. The van der Waals surface area contributed by atoms with E-state index in [1.54, 1.807) is 48.7 Å². The normalized spacial score (nSPS) is 10.7. The second kappa shape index (κ2) is 10.5. The van der Waals surface area contributed by atoms with Crippen LogP contribution in [-0.4, -0.2) is 24.6 Å². The van der Waals surface area contributed by atoms with E-state index in [1.165, 1.54) is 18.3 Å². The van der Waals surface area contributed by atoms with Gasteiger partial charge in [0.1, 0.15) is 11.5 Å². The summed E-state index contributed by atoms with van der Waals surface area (Å²) in [6.07, 6.45) is 3.02. The van der Waals surface area contributed by atoms with Crippen molar-refractivity contribution in [2.45, 2.75) is 6.54 Å². The van der Waals surface area contributed by atoms with Crippen molar-refractivity contribution in [3.05, 3.63) is 87.8 Å². The highest BCUT2D eigenvalue weighted by molar-refractivity contribution is 6.36. The molecule has 0 spiro atoms. The Morgan fingerprint density at radius 2 is 1.90 bits per heavy atom. The average Bonchev–Trinajstić information content (AvgIpc) is 3.25. The van der Waals surface area contributed by atoms with Crippen LogP contribution in [0.4, 0.5) is 0 Å². The number of benzene rings is 2. The molecule has 3 aromatic rings. The molecule has 0 saturated carbocycles. The Kier molecular flexibility index (Phi) is 7.48. The van der Waals surface area contributed by atoms with Crippen LogP contribution in [-0.2, 0) is 11.3 Å². The van der Waals surface area contributed by atoms with E-state index in [1.807, 2.05) is 0 Å². The molecule has 0 aliphatic rings. The Morgan fingerprint density at radius 1 is 1.10 bits per heavy atom. The molecular weight excluding hydrogens is 429 g/mol. The number of hydrogen-bond donors (Lipinski definition) is 2. The molecule has 1 aromatic heterocycles. The molecule has 0 aliphatic carbocycles. The zero-order chi connectivity index (χ0) is 21.3. The summed E-state index contributed by atoms with van der Waals surface area (Å²) in [5, 5.41) is 7.28. The Bertz CT molecular complexity index is 1030.